The van der Waals surface area contributed by atoms with E-state index in [9.17, 15) is 10.2 Å². The number of aromatic hydroxyl groups is 2. The molecule has 0 bridgehead atoms. The smallest absolute Gasteiger partial charge is 0.176 e. The zero-order valence-corrected chi connectivity index (χ0v) is 33.3. The number of benzene rings is 4. The van der Waals surface area contributed by atoms with Crippen molar-refractivity contribution in [2.45, 2.75) is 66.5 Å². The lowest BCUT2D eigenvalue weighted by Crippen LogP contribution is -2.46. The van der Waals surface area contributed by atoms with Crippen molar-refractivity contribution in [2.75, 3.05) is 39.3 Å². The van der Waals surface area contributed by atoms with Gasteiger partial charge >= 0.3 is 0 Å². The quantitative estimate of drug-likeness (QED) is 0.123. The highest BCUT2D eigenvalue weighted by Crippen LogP contribution is 2.39. The van der Waals surface area contributed by atoms with Gasteiger partial charge in [-0.05, 0) is 161 Å². The number of nitrogens with one attached hydrogen (secondary N) is 2. The number of aryl methyl sites for hydroxylation is 4. The van der Waals surface area contributed by atoms with Gasteiger partial charge in [-0.2, -0.15) is 0 Å². The number of likely N-dealkylation sites (tertiary alicyclic amines) is 2. The lowest BCUT2D eigenvalue weighted by atomic mass is 9.79. The molecule has 4 aromatic carbocycles. The Labute approximate surface area is 328 Å². The van der Waals surface area contributed by atoms with E-state index >= 15 is 0 Å². The molecule has 56 heavy (non-hydrogen) atoms. The Morgan fingerprint density at radius 3 is 1.36 bits per heavy atom. The van der Waals surface area contributed by atoms with E-state index in [0.29, 0.717) is 11.5 Å². The largest absolute Gasteiger partial charge is 0.508 e. The Morgan fingerprint density at radius 2 is 0.946 bits per heavy atom. The summed E-state index contributed by atoms with van der Waals surface area (Å²) in [5.74, 6) is 2.33. The Morgan fingerprint density at radius 1 is 0.536 bits per heavy atom. The number of phenolic OH excluding ortho intramolecular Hbond substituents is 2. The molecule has 0 saturated carbocycles. The van der Waals surface area contributed by atoms with Crippen LogP contribution in [-0.4, -0.2) is 69.2 Å². The van der Waals surface area contributed by atoms with Gasteiger partial charge in [-0.1, -0.05) is 0 Å². The van der Waals surface area contributed by atoms with E-state index < -0.39 is 0 Å². The van der Waals surface area contributed by atoms with Crippen LogP contribution in [0.1, 0.15) is 47.9 Å². The third-order valence-electron chi connectivity index (χ3n) is 14.0. The van der Waals surface area contributed by atoms with E-state index in [-0.39, 0.29) is 0 Å². The summed E-state index contributed by atoms with van der Waals surface area (Å²) in [6.07, 6.45) is 14.5. The Bertz CT molecular complexity index is 2620. The van der Waals surface area contributed by atoms with Gasteiger partial charge < -0.3 is 20.2 Å². The minimum atomic E-state index is 0.308. The average molecular weight is 747 g/mol. The van der Waals surface area contributed by atoms with Crippen molar-refractivity contribution in [3.63, 3.8) is 0 Å². The maximum atomic E-state index is 10.2. The first kappa shape index (κ1) is 35.2. The number of fused-ring (bicyclic) bond motifs is 8. The summed E-state index contributed by atoms with van der Waals surface area (Å²) >= 11 is 0. The zero-order valence-electron chi connectivity index (χ0n) is 33.3. The lowest BCUT2D eigenvalue weighted by Gasteiger charge is -2.39. The van der Waals surface area contributed by atoms with Crippen molar-refractivity contribution in [3.8, 4) is 11.5 Å². The van der Waals surface area contributed by atoms with Crippen LogP contribution >= 0.6 is 0 Å². The van der Waals surface area contributed by atoms with Gasteiger partial charge in [0.1, 0.15) is 11.5 Å². The van der Waals surface area contributed by atoms with E-state index in [1.807, 2.05) is 24.3 Å². The summed E-state index contributed by atoms with van der Waals surface area (Å²) in [6.45, 7) is 17.9. The first-order chi connectivity index (χ1) is 27.2. The molecule has 10 rings (SSSR count). The van der Waals surface area contributed by atoms with Crippen molar-refractivity contribution in [2.24, 2.45) is 11.8 Å². The second-order valence-electron chi connectivity index (χ2n) is 17.1. The molecule has 0 unspecified atom stereocenters. The van der Waals surface area contributed by atoms with Gasteiger partial charge in [-0.15, -0.1) is 0 Å². The van der Waals surface area contributed by atoms with Crippen molar-refractivity contribution >= 4 is 65.2 Å². The van der Waals surface area contributed by atoms with Crippen molar-refractivity contribution in [3.05, 3.63) is 95.6 Å². The fourth-order valence-electron chi connectivity index (χ4n) is 10.7. The van der Waals surface area contributed by atoms with E-state index in [1.54, 1.807) is 12.1 Å². The first-order valence-corrected chi connectivity index (χ1v) is 20.8. The van der Waals surface area contributed by atoms with Gasteiger partial charge in [0.15, 0.2) is 37.9 Å². The monoisotopic (exact) mass is 746 g/mol. The molecule has 286 valence electrons. The van der Waals surface area contributed by atoms with Crippen LogP contribution in [0.3, 0.4) is 0 Å². The summed E-state index contributed by atoms with van der Waals surface area (Å²) in [6, 6.07) is 15.8. The number of aromatic nitrogens is 4. The number of aromatic amines is 2. The third kappa shape index (κ3) is 5.96. The van der Waals surface area contributed by atoms with Gasteiger partial charge in [0.2, 0.25) is 0 Å². The van der Waals surface area contributed by atoms with Crippen LogP contribution in [0.25, 0.3) is 65.2 Å². The average Bonchev–Trinajstić information content (AvgIpc) is 3.80. The van der Waals surface area contributed by atoms with E-state index in [2.05, 4.69) is 93.5 Å². The number of hydrogen-bond acceptors (Lipinski definition) is 4. The number of pyridine rings is 2. The Balaban J connectivity index is 0.735. The molecular weight excluding hydrogens is 693 g/mol. The Kier molecular flexibility index (Phi) is 8.68. The summed E-state index contributed by atoms with van der Waals surface area (Å²) in [7, 11) is 0. The predicted molar refractivity (Wildman–Crippen MR) is 228 cm³/mol. The highest BCUT2D eigenvalue weighted by molar-refractivity contribution is 6.17. The number of piperidine rings is 2. The third-order valence-corrected chi connectivity index (χ3v) is 14.0. The van der Waals surface area contributed by atoms with Crippen molar-refractivity contribution in [1.29, 1.82) is 0 Å². The summed E-state index contributed by atoms with van der Waals surface area (Å²) in [5, 5.41) is 30.2. The number of H-pyrrole nitrogens is 2. The predicted octanol–water partition coefficient (Wildman–Crippen LogP) is 8.61. The van der Waals surface area contributed by atoms with E-state index in [4.69, 9.17) is 0 Å². The van der Waals surface area contributed by atoms with Gasteiger partial charge in [0.05, 0.1) is 24.1 Å². The maximum Gasteiger partial charge on any atom is 0.176 e. The molecule has 4 N–H and O–H groups in total. The molecule has 0 amide bonds. The van der Waals surface area contributed by atoms with Gasteiger partial charge in [-0.25, -0.2) is 9.13 Å². The molecule has 8 aromatic rings. The van der Waals surface area contributed by atoms with Crippen LogP contribution in [0, 0.1) is 39.5 Å². The molecule has 2 aliphatic heterocycles. The molecular formula is C48H54N6O2+2. The minimum Gasteiger partial charge on any atom is -0.508 e. The van der Waals surface area contributed by atoms with E-state index in [0.717, 1.165) is 59.8 Å². The molecule has 4 aromatic heterocycles. The van der Waals surface area contributed by atoms with Crippen LogP contribution in [0.15, 0.2) is 73.3 Å². The number of nitrogens with zero attached hydrogens (tertiary/aromatic N) is 4. The first-order valence-electron chi connectivity index (χ1n) is 20.8. The molecule has 0 spiro atoms. The molecule has 2 aliphatic rings. The Hall–Kier alpha value is -5.18. The number of rotatable bonds is 7. The number of phenols is 2. The molecule has 0 aliphatic carbocycles. The van der Waals surface area contributed by atoms with Crippen molar-refractivity contribution < 1.29 is 19.3 Å². The van der Waals surface area contributed by atoms with Crippen LogP contribution in [0.2, 0.25) is 0 Å². The topological polar surface area (TPSA) is 86.3 Å². The van der Waals surface area contributed by atoms with Gasteiger partial charge in [0.25, 0.3) is 0 Å². The lowest BCUT2D eigenvalue weighted by molar-refractivity contribution is -0.695. The molecule has 8 heteroatoms. The fraction of sp³-hybridized carbons (Fsp3) is 0.375. The van der Waals surface area contributed by atoms with Gasteiger partial charge in [-0.3, -0.25) is 9.80 Å². The molecule has 0 radical (unpaired) electrons. The SMILES string of the molecule is Cc1c2cc[n+](CCN3CCC(C4CCN(CC[n+]5ccc6c(C)c7[nH]c8ccc(O)cc8c7c(C)c6c5)CC4)CC3)cc2c(C)c2c1[nH]c1ccc(O)cc12. The standard InChI is InChI=1S/C48H52N6O2/c1-29-41-27-53(19-13-37(41)31(3)47-45(29)39-25-35(55)5-7-43(39)49-47)23-21-51-15-9-33(10-16-51)34-11-17-52(18-12-34)22-24-54-20-14-38-32(4)48-46(30(2)42(38)28-54)40-26-36(56)6-8-44(40)50-48/h5-8,13-14,19-20,25-28,33-34,55-56H,9-12,15-18,21-24H2,1-4H3/p+2. The second-order valence-corrected chi connectivity index (χ2v) is 17.1. The van der Waals surface area contributed by atoms with Crippen LogP contribution in [0.4, 0.5) is 0 Å². The molecule has 2 fully saturated rings. The second kappa shape index (κ2) is 13.8. The van der Waals surface area contributed by atoms with Crippen molar-refractivity contribution in [1.82, 2.24) is 19.8 Å². The summed E-state index contributed by atoms with van der Waals surface area (Å²) in [5.41, 5.74) is 9.55. The summed E-state index contributed by atoms with van der Waals surface area (Å²) in [4.78, 5) is 12.6. The highest BCUT2D eigenvalue weighted by atomic mass is 16.3. The van der Waals surface area contributed by atoms with Gasteiger partial charge in [0, 0.05) is 55.5 Å². The number of hydrogen-bond donors (Lipinski definition) is 4. The highest BCUT2D eigenvalue weighted by Gasteiger charge is 2.30. The zero-order chi connectivity index (χ0) is 38.2. The molecule has 6 heterocycles. The van der Waals surface area contributed by atoms with Crippen LogP contribution in [-0.2, 0) is 13.1 Å². The summed E-state index contributed by atoms with van der Waals surface area (Å²) < 4.78 is 4.75. The fourth-order valence-corrected chi connectivity index (χ4v) is 10.7. The van der Waals surface area contributed by atoms with Crippen LogP contribution < -0.4 is 9.13 Å². The normalized spacial score (nSPS) is 16.9. The molecule has 0 atom stereocenters. The van der Waals surface area contributed by atoms with E-state index in [1.165, 1.54) is 117 Å². The minimum absolute atomic E-state index is 0.308. The molecule has 8 nitrogen and oxygen atoms in total. The van der Waals surface area contributed by atoms with Crippen LogP contribution in [0.5, 0.6) is 11.5 Å². The molecule has 2 saturated heterocycles. The maximum absolute atomic E-state index is 10.2.